The van der Waals surface area contributed by atoms with Gasteiger partial charge in [0.25, 0.3) is 5.56 Å². The quantitative estimate of drug-likeness (QED) is 0.601. The molecule has 2 heterocycles. The topological polar surface area (TPSA) is 44.1 Å². The van der Waals surface area contributed by atoms with Crippen LogP contribution in [0.25, 0.3) is 21.3 Å². The van der Waals surface area contributed by atoms with Crippen LogP contribution >= 0.6 is 11.3 Å². The summed E-state index contributed by atoms with van der Waals surface area (Å²) in [7, 11) is 0. The Bertz CT molecular complexity index is 894. The van der Waals surface area contributed by atoms with Crippen LogP contribution < -0.4 is 10.3 Å². The van der Waals surface area contributed by atoms with Gasteiger partial charge in [-0.1, -0.05) is 32.9 Å². The second-order valence-corrected chi connectivity index (χ2v) is 7.49. The second-order valence-electron chi connectivity index (χ2n) is 6.63. The van der Waals surface area contributed by atoms with E-state index in [4.69, 9.17) is 4.74 Å². The molecule has 2 aromatic heterocycles. The molecule has 0 unspecified atom stereocenters. The molecule has 0 amide bonds. The van der Waals surface area contributed by atoms with E-state index in [9.17, 15) is 4.79 Å². The third-order valence-electron chi connectivity index (χ3n) is 4.15. The van der Waals surface area contributed by atoms with Crippen LogP contribution in [-0.4, -0.2) is 16.2 Å². The molecule has 0 aliphatic heterocycles. The molecule has 0 bridgehead atoms. The van der Waals surface area contributed by atoms with Crippen molar-refractivity contribution in [2.45, 2.75) is 40.2 Å². The first kappa shape index (κ1) is 17.7. The molecule has 0 saturated heterocycles. The van der Waals surface area contributed by atoms with E-state index in [-0.39, 0.29) is 5.56 Å². The number of aromatic nitrogens is 2. The Morgan fingerprint density at radius 1 is 1.24 bits per heavy atom. The van der Waals surface area contributed by atoms with E-state index in [0.29, 0.717) is 19.1 Å². The molecular weight excluding hydrogens is 332 g/mol. The maximum Gasteiger partial charge on any atom is 0.262 e. The van der Waals surface area contributed by atoms with Crippen molar-refractivity contribution < 1.29 is 4.74 Å². The molecule has 0 N–H and O–H groups in total. The van der Waals surface area contributed by atoms with Crippen molar-refractivity contribution in [1.82, 2.24) is 9.55 Å². The van der Waals surface area contributed by atoms with E-state index >= 15 is 0 Å². The van der Waals surface area contributed by atoms with Gasteiger partial charge in [0.15, 0.2) is 0 Å². The number of hydrogen-bond donors (Lipinski definition) is 0. The molecule has 4 nitrogen and oxygen atoms in total. The lowest BCUT2D eigenvalue weighted by Crippen LogP contribution is -2.21. The Morgan fingerprint density at radius 3 is 2.68 bits per heavy atom. The van der Waals surface area contributed by atoms with Crippen molar-refractivity contribution in [2.75, 3.05) is 6.61 Å². The highest BCUT2D eigenvalue weighted by molar-refractivity contribution is 7.17. The zero-order chi connectivity index (χ0) is 17.8. The number of ether oxygens (including phenoxy) is 1. The predicted octanol–water partition coefficient (Wildman–Crippen LogP) is 4.96. The summed E-state index contributed by atoms with van der Waals surface area (Å²) in [5.74, 6) is 1.41. The summed E-state index contributed by atoms with van der Waals surface area (Å²) >= 11 is 1.52. The maximum absolute atomic E-state index is 12.9. The number of aryl methyl sites for hydroxylation is 1. The highest BCUT2D eigenvalue weighted by atomic mass is 32.1. The van der Waals surface area contributed by atoms with Gasteiger partial charge in [-0.15, -0.1) is 11.3 Å². The van der Waals surface area contributed by atoms with Gasteiger partial charge in [-0.2, -0.15) is 0 Å². The Balaban J connectivity index is 1.96. The van der Waals surface area contributed by atoms with Gasteiger partial charge < -0.3 is 4.74 Å². The summed E-state index contributed by atoms with van der Waals surface area (Å²) in [6.45, 7) is 7.83. The average molecular weight is 356 g/mol. The molecule has 3 rings (SSSR count). The van der Waals surface area contributed by atoms with E-state index in [2.05, 4.69) is 25.8 Å². The lowest BCUT2D eigenvalue weighted by molar-refractivity contribution is 0.317. The van der Waals surface area contributed by atoms with E-state index < -0.39 is 0 Å². The Hall–Kier alpha value is -2.14. The van der Waals surface area contributed by atoms with Gasteiger partial charge in [0.05, 0.1) is 18.3 Å². The number of fused-ring (bicyclic) bond motifs is 1. The molecule has 3 aromatic rings. The van der Waals surface area contributed by atoms with Crippen molar-refractivity contribution >= 4 is 21.6 Å². The van der Waals surface area contributed by atoms with Gasteiger partial charge in [-0.25, -0.2) is 4.98 Å². The van der Waals surface area contributed by atoms with Crippen molar-refractivity contribution in [2.24, 2.45) is 5.92 Å². The van der Waals surface area contributed by atoms with Crippen LogP contribution in [0.1, 0.15) is 33.6 Å². The first-order chi connectivity index (χ1) is 12.1. The van der Waals surface area contributed by atoms with E-state index in [1.165, 1.54) is 11.3 Å². The lowest BCUT2D eigenvalue weighted by Gasteiger charge is -2.08. The molecule has 0 aliphatic carbocycles. The average Bonchev–Trinajstić information content (AvgIpc) is 3.04. The van der Waals surface area contributed by atoms with E-state index in [1.54, 1.807) is 10.9 Å². The molecule has 0 atom stereocenters. The van der Waals surface area contributed by atoms with Crippen molar-refractivity contribution in [3.63, 3.8) is 0 Å². The molecule has 0 radical (unpaired) electrons. The fourth-order valence-electron chi connectivity index (χ4n) is 2.69. The van der Waals surface area contributed by atoms with Crippen LogP contribution in [0.5, 0.6) is 5.75 Å². The molecular formula is C20H24N2O2S. The smallest absolute Gasteiger partial charge is 0.262 e. The first-order valence-electron chi connectivity index (χ1n) is 8.80. The molecule has 0 fully saturated rings. The van der Waals surface area contributed by atoms with E-state index in [1.807, 2.05) is 29.6 Å². The maximum atomic E-state index is 12.9. The number of rotatable bonds is 7. The van der Waals surface area contributed by atoms with Crippen LogP contribution in [-0.2, 0) is 6.54 Å². The van der Waals surface area contributed by atoms with Gasteiger partial charge in [-0.3, -0.25) is 9.36 Å². The third-order valence-corrected chi connectivity index (χ3v) is 5.03. The standard InChI is InChI=1S/C20H24N2O2S/c1-4-11-24-16-7-5-15(6-8-16)17-12-25-19-18(17)20(23)22(13-21-19)10-9-14(2)3/h5-8,12-14H,4,9-11H2,1-3H3. The largest absolute Gasteiger partial charge is 0.494 e. The van der Waals surface area contributed by atoms with Gasteiger partial charge in [-0.05, 0) is 36.5 Å². The monoisotopic (exact) mass is 356 g/mol. The summed E-state index contributed by atoms with van der Waals surface area (Å²) in [5.41, 5.74) is 2.03. The van der Waals surface area contributed by atoms with Crippen LogP contribution in [0.2, 0.25) is 0 Å². The fourth-order valence-corrected chi connectivity index (χ4v) is 3.59. The SMILES string of the molecule is CCCOc1ccc(-c2csc3ncn(CCC(C)C)c(=O)c23)cc1. The van der Waals surface area contributed by atoms with Gasteiger partial charge in [0, 0.05) is 17.5 Å². The minimum Gasteiger partial charge on any atom is -0.494 e. The van der Waals surface area contributed by atoms with Crippen LogP contribution in [0, 0.1) is 5.92 Å². The highest BCUT2D eigenvalue weighted by Gasteiger charge is 2.13. The molecule has 0 aliphatic rings. The molecule has 0 spiro atoms. The minimum atomic E-state index is 0.0493. The second kappa shape index (κ2) is 7.83. The van der Waals surface area contributed by atoms with Crippen LogP contribution in [0.15, 0.2) is 40.8 Å². The fraction of sp³-hybridized carbons (Fsp3) is 0.400. The normalized spacial score (nSPS) is 11.4. The predicted molar refractivity (Wildman–Crippen MR) is 105 cm³/mol. The molecule has 1 aromatic carbocycles. The summed E-state index contributed by atoms with van der Waals surface area (Å²) in [6, 6.07) is 7.94. The number of nitrogens with zero attached hydrogens (tertiary/aromatic N) is 2. The van der Waals surface area contributed by atoms with E-state index in [0.717, 1.165) is 39.9 Å². The van der Waals surface area contributed by atoms with Crippen LogP contribution in [0.4, 0.5) is 0 Å². The summed E-state index contributed by atoms with van der Waals surface area (Å²) in [6.07, 6.45) is 3.63. The summed E-state index contributed by atoms with van der Waals surface area (Å²) < 4.78 is 7.37. The number of benzene rings is 1. The van der Waals surface area contributed by atoms with Gasteiger partial charge >= 0.3 is 0 Å². The lowest BCUT2D eigenvalue weighted by atomic mass is 10.1. The molecule has 0 saturated carbocycles. The van der Waals surface area contributed by atoms with Gasteiger partial charge in [0.2, 0.25) is 0 Å². The highest BCUT2D eigenvalue weighted by Crippen LogP contribution is 2.31. The summed E-state index contributed by atoms with van der Waals surface area (Å²) in [4.78, 5) is 18.2. The Morgan fingerprint density at radius 2 is 2.00 bits per heavy atom. The first-order valence-corrected chi connectivity index (χ1v) is 9.68. The minimum absolute atomic E-state index is 0.0493. The summed E-state index contributed by atoms with van der Waals surface area (Å²) in [5, 5.41) is 2.74. The number of thiophene rings is 1. The van der Waals surface area contributed by atoms with Crippen molar-refractivity contribution in [3.05, 3.63) is 46.3 Å². The molecule has 25 heavy (non-hydrogen) atoms. The van der Waals surface area contributed by atoms with Crippen molar-refractivity contribution in [1.29, 1.82) is 0 Å². The van der Waals surface area contributed by atoms with Crippen molar-refractivity contribution in [3.8, 4) is 16.9 Å². The zero-order valence-electron chi connectivity index (χ0n) is 15.0. The molecule has 5 heteroatoms. The number of hydrogen-bond acceptors (Lipinski definition) is 4. The molecule has 132 valence electrons. The Labute approximate surface area is 152 Å². The van der Waals surface area contributed by atoms with Crippen LogP contribution in [0.3, 0.4) is 0 Å². The Kier molecular flexibility index (Phi) is 5.53. The van der Waals surface area contributed by atoms with Gasteiger partial charge in [0.1, 0.15) is 10.6 Å². The zero-order valence-corrected chi connectivity index (χ0v) is 15.8. The third kappa shape index (κ3) is 3.93.